The van der Waals surface area contributed by atoms with E-state index in [1.165, 1.54) is 0 Å². The van der Waals surface area contributed by atoms with Crippen molar-refractivity contribution in [1.29, 1.82) is 0 Å². The van der Waals surface area contributed by atoms with Gasteiger partial charge in [0.1, 0.15) is 0 Å². The molecule has 0 aliphatic heterocycles. The fraction of sp³-hybridized carbons (Fsp3) is 0.429. The Morgan fingerprint density at radius 3 is 2.00 bits per heavy atom. The van der Waals surface area contributed by atoms with Crippen molar-refractivity contribution in [1.82, 2.24) is 4.90 Å². The molecule has 0 spiro atoms. The Hall–Kier alpha value is -1.92. The van der Waals surface area contributed by atoms with E-state index >= 15 is 0 Å². The van der Waals surface area contributed by atoms with Gasteiger partial charge in [0.05, 0.1) is 13.2 Å². The van der Waals surface area contributed by atoms with Gasteiger partial charge < -0.3 is 20.4 Å². The van der Waals surface area contributed by atoms with Crippen molar-refractivity contribution >= 4 is 17.5 Å². The van der Waals surface area contributed by atoms with Crippen LogP contribution in [0.15, 0.2) is 18.2 Å². The maximum absolute atomic E-state index is 11.9. The third-order valence-electron chi connectivity index (χ3n) is 2.70. The average Bonchev–Trinajstić information content (AvgIpc) is 2.36. The van der Waals surface area contributed by atoms with E-state index in [9.17, 15) is 9.59 Å². The number of aliphatic hydroxyl groups excluding tert-OH is 2. The number of hydrogen-bond acceptors (Lipinski definition) is 4. The van der Waals surface area contributed by atoms with E-state index in [0.29, 0.717) is 5.69 Å². The van der Waals surface area contributed by atoms with Crippen LogP contribution in [0.3, 0.4) is 0 Å². The van der Waals surface area contributed by atoms with Gasteiger partial charge in [-0.25, -0.2) is 0 Å². The molecule has 0 atom stereocenters. The van der Waals surface area contributed by atoms with Crippen molar-refractivity contribution in [2.24, 2.45) is 0 Å². The lowest BCUT2D eigenvalue weighted by atomic mass is 10.1. The van der Waals surface area contributed by atoms with Crippen molar-refractivity contribution in [3.05, 3.63) is 29.3 Å². The Balaban J connectivity index is 2.75. The van der Waals surface area contributed by atoms with E-state index in [2.05, 4.69) is 5.32 Å². The molecule has 2 amide bonds. The highest BCUT2D eigenvalue weighted by Gasteiger charge is 2.21. The van der Waals surface area contributed by atoms with E-state index in [1.54, 1.807) is 12.1 Å². The van der Waals surface area contributed by atoms with Crippen LogP contribution in [0.4, 0.5) is 5.69 Å². The number of anilines is 1. The van der Waals surface area contributed by atoms with Crippen molar-refractivity contribution in [2.45, 2.75) is 13.8 Å². The number of aryl methyl sites for hydroxylation is 2. The first-order chi connectivity index (χ1) is 9.47. The summed E-state index contributed by atoms with van der Waals surface area (Å²) in [5.41, 5.74) is 2.51. The molecular formula is C14H20N2O4. The van der Waals surface area contributed by atoms with Gasteiger partial charge in [-0.15, -0.1) is 0 Å². The van der Waals surface area contributed by atoms with Gasteiger partial charge in [-0.2, -0.15) is 0 Å². The predicted molar refractivity (Wildman–Crippen MR) is 75.3 cm³/mol. The smallest absolute Gasteiger partial charge is 0.313 e. The van der Waals surface area contributed by atoms with Gasteiger partial charge in [-0.3, -0.25) is 9.59 Å². The fourth-order valence-corrected chi connectivity index (χ4v) is 1.93. The highest BCUT2D eigenvalue weighted by molar-refractivity contribution is 6.39. The van der Waals surface area contributed by atoms with Crippen molar-refractivity contribution in [2.75, 3.05) is 31.6 Å². The second-order valence-electron chi connectivity index (χ2n) is 4.57. The summed E-state index contributed by atoms with van der Waals surface area (Å²) in [5, 5.41) is 20.2. The molecule has 0 aliphatic carbocycles. The number of carbonyl (C=O) groups is 2. The standard InChI is InChI=1S/C14H20N2O4/c1-10-7-11(2)9-12(8-10)15-13(19)14(20)16(3-5-17)4-6-18/h7-9,17-18H,3-6H2,1-2H3,(H,15,19). The van der Waals surface area contributed by atoms with Gasteiger partial charge in [0.15, 0.2) is 0 Å². The third-order valence-corrected chi connectivity index (χ3v) is 2.70. The van der Waals surface area contributed by atoms with Gasteiger partial charge in [0.25, 0.3) is 0 Å². The Labute approximate surface area is 118 Å². The Bertz CT molecular complexity index is 462. The summed E-state index contributed by atoms with van der Waals surface area (Å²) in [5.74, 6) is -1.55. The maximum atomic E-state index is 11.9. The van der Waals surface area contributed by atoms with E-state index in [0.717, 1.165) is 16.0 Å². The molecule has 3 N–H and O–H groups in total. The zero-order chi connectivity index (χ0) is 15.1. The summed E-state index contributed by atoms with van der Waals surface area (Å²) in [7, 11) is 0. The van der Waals surface area contributed by atoms with Gasteiger partial charge in [0, 0.05) is 18.8 Å². The predicted octanol–water partition coefficient (Wildman–Crippen LogP) is 0.0551. The molecule has 0 aromatic heterocycles. The van der Waals surface area contributed by atoms with E-state index in [1.807, 2.05) is 19.9 Å². The van der Waals surface area contributed by atoms with Gasteiger partial charge in [-0.05, 0) is 37.1 Å². The first-order valence-electron chi connectivity index (χ1n) is 6.38. The Kier molecular flexibility index (Phi) is 6.14. The van der Waals surface area contributed by atoms with Gasteiger partial charge in [-0.1, -0.05) is 6.07 Å². The lowest BCUT2D eigenvalue weighted by Crippen LogP contribution is -2.42. The molecule has 0 heterocycles. The second kappa shape index (κ2) is 7.62. The van der Waals surface area contributed by atoms with Crippen molar-refractivity contribution in [3.8, 4) is 0 Å². The Morgan fingerprint density at radius 2 is 1.55 bits per heavy atom. The zero-order valence-corrected chi connectivity index (χ0v) is 11.7. The zero-order valence-electron chi connectivity index (χ0n) is 11.7. The van der Waals surface area contributed by atoms with Crippen LogP contribution in [0, 0.1) is 13.8 Å². The SMILES string of the molecule is Cc1cc(C)cc(NC(=O)C(=O)N(CCO)CCO)c1. The summed E-state index contributed by atoms with van der Waals surface area (Å²) in [6, 6.07) is 5.49. The number of amides is 2. The molecule has 0 saturated heterocycles. The van der Waals surface area contributed by atoms with Crippen LogP contribution in [0.25, 0.3) is 0 Å². The van der Waals surface area contributed by atoms with Crippen LogP contribution in [0.5, 0.6) is 0 Å². The minimum atomic E-state index is -0.781. The van der Waals surface area contributed by atoms with Crippen molar-refractivity contribution < 1.29 is 19.8 Å². The minimum absolute atomic E-state index is 0.0136. The van der Waals surface area contributed by atoms with Gasteiger partial charge >= 0.3 is 11.8 Å². The van der Waals surface area contributed by atoms with Crippen LogP contribution < -0.4 is 5.32 Å². The first kappa shape index (κ1) is 16.1. The monoisotopic (exact) mass is 280 g/mol. The summed E-state index contributed by atoms with van der Waals surface area (Å²) in [6.07, 6.45) is 0. The topological polar surface area (TPSA) is 89.9 Å². The Morgan fingerprint density at radius 1 is 1.05 bits per heavy atom. The summed E-state index contributed by atoms with van der Waals surface area (Å²) in [6.45, 7) is 3.30. The van der Waals surface area contributed by atoms with Gasteiger partial charge in [0.2, 0.25) is 0 Å². The lowest BCUT2D eigenvalue weighted by molar-refractivity contribution is -0.143. The first-order valence-corrected chi connectivity index (χ1v) is 6.38. The summed E-state index contributed by atoms with van der Waals surface area (Å²) in [4.78, 5) is 24.9. The highest BCUT2D eigenvalue weighted by atomic mass is 16.3. The molecule has 1 aromatic carbocycles. The molecule has 110 valence electrons. The number of nitrogens with zero attached hydrogens (tertiary/aromatic N) is 1. The third kappa shape index (κ3) is 4.64. The molecule has 0 bridgehead atoms. The molecule has 20 heavy (non-hydrogen) atoms. The number of aliphatic hydroxyl groups is 2. The maximum Gasteiger partial charge on any atom is 0.313 e. The summed E-state index contributed by atoms with van der Waals surface area (Å²) < 4.78 is 0. The molecule has 0 radical (unpaired) electrons. The number of carbonyl (C=O) groups excluding carboxylic acids is 2. The van der Waals surface area contributed by atoms with Crippen LogP contribution in [0.2, 0.25) is 0 Å². The fourth-order valence-electron chi connectivity index (χ4n) is 1.93. The van der Waals surface area contributed by atoms with E-state index in [-0.39, 0.29) is 26.3 Å². The molecule has 0 saturated carbocycles. The van der Waals surface area contributed by atoms with Crippen LogP contribution in [-0.2, 0) is 9.59 Å². The normalized spacial score (nSPS) is 10.2. The number of rotatable bonds is 5. The molecule has 6 heteroatoms. The molecule has 0 aliphatic rings. The molecular weight excluding hydrogens is 260 g/mol. The molecule has 1 aromatic rings. The minimum Gasteiger partial charge on any atom is -0.395 e. The van der Waals surface area contributed by atoms with E-state index < -0.39 is 11.8 Å². The quantitative estimate of drug-likeness (QED) is 0.665. The second-order valence-corrected chi connectivity index (χ2v) is 4.57. The molecule has 0 fully saturated rings. The molecule has 1 rings (SSSR count). The lowest BCUT2D eigenvalue weighted by Gasteiger charge is -2.19. The number of benzene rings is 1. The summed E-state index contributed by atoms with van der Waals surface area (Å²) >= 11 is 0. The average molecular weight is 280 g/mol. The van der Waals surface area contributed by atoms with Crippen molar-refractivity contribution in [3.63, 3.8) is 0 Å². The highest BCUT2D eigenvalue weighted by Crippen LogP contribution is 2.13. The number of hydrogen-bond donors (Lipinski definition) is 3. The van der Waals surface area contributed by atoms with Crippen LogP contribution in [-0.4, -0.2) is 53.2 Å². The van der Waals surface area contributed by atoms with Crippen LogP contribution in [0.1, 0.15) is 11.1 Å². The largest absolute Gasteiger partial charge is 0.395 e. The van der Waals surface area contributed by atoms with Crippen LogP contribution >= 0.6 is 0 Å². The number of nitrogens with one attached hydrogen (secondary N) is 1. The molecule has 6 nitrogen and oxygen atoms in total. The molecule has 0 unspecified atom stereocenters. The van der Waals surface area contributed by atoms with E-state index in [4.69, 9.17) is 10.2 Å².